The molecule has 0 radical (unpaired) electrons. The third kappa shape index (κ3) is 4.00. The summed E-state index contributed by atoms with van der Waals surface area (Å²) < 4.78 is 0. The molecule has 5 N–H and O–H groups in total. The maximum atomic E-state index is 13.3. The van der Waals surface area contributed by atoms with E-state index in [1.54, 1.807) is 0 Å². The molecular formula is C28H48O6. The predicted octanol–water partition coefficient (Wildman–Crippen LogP) is 2.78. The molecule has 14 atom stereocenters. The first-order valence-corrected chi connectivity index (χ1v) is 13.7. The van der Waals surface area contributed by atoms with Crippen molar-refractivity contribution in [1.82, 2.24) is 0 Å². The molecule has 4 saturated carbocycles. The average Bonchev–Trinajstić information content (AvgIpc) is 3.15. The Balaban J connectivity index is 1.54. The molecule has 0 spiro atoms. The molecule has 0 aromatic heterocycles. The number of ketones is 1. The SMILES string of the molecule is C[C@H]([C@@H](O)[C@H](O)[C@@H](C)[C@H]1CC[C@H]2[C@@H]3CC(=O)[C@H]4C[C@H](O)[C@H](O)C[C@]4(C)[C@H]3CC[C@]12C)[C@H](C)CO. The highest BCUT2D eigenvalue weighted by molar-refractivity contribution is 5.83. The Hall–Kier alpha value is -0.530. The van der Waals surface area contributed by atoms with Crippen molar-refractivity contribution in [2.45, 2.75) is 104 Å². The second-order valence-corrected chi connectivity index (χ2v) is 13.3. The fourth-order valence-corrected chi connectivity index (χ4v) is 9.34. The zero-order chi connectivity index (χ0) is 25.2. The Labute approximate surface area is 205 Å². The predicted molar refractivity (Wildman–Crippen MR) is 130 cm³/mol. The molecule has 0 unspecified atom stereocenters. The molecule has 0 aromatic rings. The van der Waals surface area contributed by atoms with Crippen LogP contribution in [0.4, 0.5) is 0 Å². The summed E-state index contributed by atoms with van der Waals surface area (Å²) in [5.74, 6) is 1.13. The summed E-state index contributed by atoms with van der Waals surface area (Å²) in [6, 6.07) is 0. The number of fused-ring (bicyclic) bond motifs is 5. The summed E-state index contributed by atoms with van der Waals surface area (Å²) in [7, 11) is 0. The molecule has 196 valence electrons. The van der Waals surface area contributed by atoms with Crippen LogP contribution >= 0.6 is 0 Å². The van der Waals surface area contributed by atoms with Crippen molar-refractivity contribution in [2.24, 2.45) is 58.2 Å². The van der Waals surface area contributed by atoms with E-state index in [1.165, 1.54) is 0 Å². The molecular weight excluding hydrogens is 432 g/mol. The van der Waals surface area contributed by atoms with Crippen LogP contribution in [0.1, 0.15) is 79.6 Å². The normalized spacial score (nSPS) is 48.8. The topological polar surface area (TPSA) is 118 Å². The van der Waals surface area contributed by atoms with Gasteiger partial charge >= 0.3 is 0 Å². The van der Waals surface area contributed by atoms with E-state index in [4.69, 9.17) is 0 Å². The molecule has 4 fully saturated rings. The quantitative estimate of drug-likeness (QED) is 0.399. The van der Waals surface area contributed by atoms with Crippen molar-refractivity contribution >= 4 is 5.78 Å². The highest BCUT2D eigenvalue weighted by Crippen LogP contribution is 2.67. The number of carbonyl (C=O) groups is 1. The van der Waals surface area contributed by atoms with Gasteiger partial charge in [0, 0.05) is 18.9 Å². The van der Waals surface area contributed by atoms with Crippen LogP contribution in [-0.4, -0.2) is 62.3 Å². The molecule has 0 aliphatic heterocycles. The third-order valence-corrected chi connectivity index (χ3v) is 11.8. The van der Waals surface area contributed by atoms with Gasteiger partial charge in [-0.25, -0.2) is 0 Å². The zero-order valence-corrected chi connectivity index (χ0v) is 21.7. The largest absolute Gasteiger partial charge is 0.396 e. The van der Waals surface area contributed by atoms with Crippen LogP contribution in [0.25, 0.3) is 0 Å². The molecule has 4 aliphatic carbocycles. The number of carbonyl (C=O) groups excluding carboxylic acids is 1. The molecule has 0 aromatic carbocycles. The number of Topliss-reactive ketones (excluding diaryl/α,β-unsaturated/α-hetero) is 1. The fraction of sp³-hybridized carbons (Fsp3) is 0.964. The lowest BCUT2D eigenvalue weighted by molar-refractivity contribution is -0.175. The minimum Gasteiger partial charge on any atom is -0.396 e. The van der Waals surface area contributed by atoms with Crippen LogP contribution in [-0.2, 0) is 4.79 Å². The molecule has 0 bridgehead atoms. The van der Waals surface area contributed by atoms with Gasteiger partial charge in [-0.3, -0.25) is 4.79 Å². The monoisotopic (exact) mass is 480 g/mol. The second-order valence-electron chi connectivity index (χ2n) is 13.3. The first-order chi connectivity index (χ1) is 15.9. The Bertz CT molecular complexity index is 757. The molecule has 34 heavy (non-hydrogen) atoms. The lowest BCUT2D eigenvalue weighted by Gasteiger charge is -2.61. The van der Waals surface area contributed by atoms with Gasteiger partial charge in [0.05, 0.1) is 24.4 Å². The maximum Gasteiger partial charge on any atom is 0.136 e. The molecule has 0 saturated heterocycles. The number of aliphatic hydroxyl groups excluding tert-OH is 5. The molecule has 4 aliphatic rings. The van der Waals surface area contributed by atoms with Gasteiger partial charge in [-0.2, -0.15) is 0 Å². The Morgan fingerprint density at radius 2 is 1.59 bits per heavy atom. The lowest BCUT2D eigenvalue weighted by atomic mass is 9.44. The summed E-state index contributed by atoms with van der Waals surface area (Å²) >= 11 is 0. The Morgan fingerprint density at radius 1 is 0.941 bits per heavy atom. The highest BCUT2D eigenvalue weighted by Gasteiger charge is 2.63. The van der Waals surface area contributed by atoms with Crippen LogP contribution in [0.3, 0.4) is 0 Å². The summed E-state index contributed by atoms with van der Waals surface area (Å²) in [5, 5.41) is 52.3. The molecule has 4 rings (SSSR count). The van der Waals surface area contributed by atoms with Crippen LogP contribution in [0.5, 0.6) is 0 Å². The third-order valence-electron chi connectivity index (χ3n) is 11.8. The van der Waals surface area contributed by atoms with E-state index < -0.39 is 24.4 Å². The lowest BCUT2D eigenvalue weighted by Crippen LogP contribution is -2.59. The van der Waals surface area contributed by atoms with Gasteiger partial charge in [0.2, 0.25) is 0 Å². The molecule has 0 amide bonds. The van der Waals surface area contributed by atoms with Gasteiger partial charge in [0.15, 0.2) is 0 Å². The van der Waals surface area contributed by atoms with Gasteiger partial charge in [-0.1, -0.05) is 34.6 Å². The van der Waals surface area contributed by atoms with Crippen molar-refractivity contribution in [1.29, 1.82) is 0 Å². The summed E-state index contributed by atoms with van der Waals surface area (Å²) in [6.07, 6.45) is 2.28. The fourth-order valence-electron chi connectivity index (χ4n) is 9.34. The number of rotatable bonds is 6. The summed E-state index contributed by atoms with van der Waals surface area (Å²) in [5.41, 5.74) is -0.237. The molecule has 0 heterocycles. The van der Waals surface area contributed by atoms with Crippen LogP contribution in [0.2, 0.25) is 0 Å². The summed E-state index contributed by atoms with van der Waals surface area (Å²) in [6.45, 7) is 10.4. The summed E-state index contributed by atoms with van der Waals surface area (Å²) in [4.78, 5) is 13.3. The number of hydrogen-bond acceptors (Lipinski definition) is 6. The number of aliphatic hydroxyl groups is 5. The minimum atomic E-state index is -0.873. The van der Waals surface area contributed by atoms with Crippen molar-refractivity contribution in [3.63, 3.8) is 0 Å². The number of hydrogen-bond donors (Lipinski definition) is 5. The van der Waals surface area contributed by atoms with Crippen molar-refractivity contribution < 1.29 is 30.3 Å². The van der Waals surface area contributed by atoms with Crippen molar-refractivity contribution in [3.8, 4) is 0 Å². The van der Waals surface area contributed by atoms with E-state index >= 15 is 0 Å². The van der Waals surface area contributed by atoms with Crippen molar-refractivity contribution in [2.75, 3.05) is 6.61 Å². The van der Waals surface area contributed by atoms with Crippen molar-refractivity contribution in [3.05, 3.63) is 0 Å². The standard InChI is InChI=1S/C28H48O6/c1-14(13-29)15(2)25(33)26(34)16(3)18-6-7-19-17-10-22(30)21-11-23(31)24(32)12-28(21,5)20(17)8-9-27(18,19)4/h14-21,23-26,29,31-34H,6-13H2,1-5H3/t14-,15+,16+,17+,18-,19+,20+,21-,23+,24-,25-,26-,27-,28-/m1/s1. The minimum absolute atomic E-state index is 0.00880. The van der Waals surface area contributed by atoms with Crippen LogP contribution in [0, 0.1) is 58.2 Å². The average molecular weight is 481 g/mol. The first kappa shape index (κ1) is 26.5. The van der Waals surface area contributed by atoms with Gasteiger partial charge in [-0.15, -0.1) is 0 Å². The molecule has 6 heteroatoms. The van der Waals surface area contributed by atoms with E-state index in [-0.39, 0.29) is 52.8 Å². The Kier molecular flexibility index (Phi) is 7.34. The van der Waals surface area contributed by atoms with E-state index in [0.29, 0.717) is 37.0 Å². The van der Waals surface area contributed by atoms with Gasteiger partial charge in [-0.05, 0) is 90.8 Å². The van der Waals surface area contributed by atoms with E-state index in [0.717, 1.165) is 25.7 Å². The zero-order valence-electron chi connectivity index (χ0n) is 21.7. The van der Waals surface area contributed by atoms with Gasteiger partial charge in [0.25, 0.3) is 0 Å². The van der Waals surface area contributed by atoms with E-state index in [9.17, 15) is 30.3 Å². The Morgan fingerprint density at radius 3 is 2.24 bits per heavy atom. The maximum absolute atomic E-state index is 13.3. The van der Waals surface area contributed by atoms with Gasteiger partial charge in [0.1, 0.15) is 5.78 Å². The van der Waals surface area contributed by atoms with Crippen LogP contribution in [0.15, 0.2) is 0 Å². The first-order valence-electron chi connectivity index (χ1n) is 13.7. The second kappa shape index (κ2) is 9.41. The van der Waals surface area contributed by atoms with E-state index in [1.807, 2.05) is 13.8 Å². The van der Waals surface area contributed by atoms with Gasteiger partial charge < -0.3 is 25.5 Å². The van der Waals surface area contributed by atoms with Crippen LogP contribution < -0.4 is 0 Å². The van der Waals surface area contributed by atoms with E-state index in [2.05, 4.69) is 20.8 Å². The highest BCUT2D eigenvalue weighted by atomic mass is 16.3. The smallest absolute Gasteiger partial charge is 0.136 e. The molecule has 6 nitrogen and oxygen atoms in total.